The van der Waals surface area contributed by atoms with Crippen molar-refractivity contribution in [3.8, 4) is 11.3 Å². The first-order valence-corrected chi connectivity index (χ1v) is 7.25. The van der Waals surface area contributed by atoms with Crippen molar-refractivity contribution >= 4 is 11.6 Å². The number of rotatable bonds is 5. The van der Waals surface area contributed by atoms with Gasteiger partial charge < -0.3 is 9.73 Å². The quantitative estimate of drug-likeness (QED) is 0.786. The van der Waals surface area contributed by atoms with Crippen LogP contribution in [0.1, 0.15) is 11.5 Å². The zero-order chi connectivity index (χ0) is 14.5. The largest absolute Gasteiger partial charge is 0.455 e. The molecule has 2 heterocycles. The van der Waals surface area contributed by atoms with Crippen molar-refractivity contribution in [3.05, 3.63) is 77.3 Å². The number of furan rings is 1. The molecule has 0 aliphatic rings. The molecule has 3 rings (SSSR count). The van der Waals surface area contributed by atoms with Gasteiger partial charge in [0.1, 0.15) is 18.8 Å². The zero-order valence-corrected chi connectivity index (χ0v) is 12.3. The molecule has 0 saturated carbocycles. The van der Waals surface area contributed by atoms with Crippen LogP contribution in [0.4, 0.5) is 0 Å². The summed E-state index contributed by atoms with van der Waals surface area (Å²) in [6.45, 7) is 1.64. The van der Waals surface area contributed by atoms with E-state index in [0.717, 1.165) is 40.9 Å². The molecule has 0 amide bonds. The summed E-state index contributed by atoms with van der Waals surface area (Å²) in [7, 11) is 0. The fourth-order valence-electron chi connectivity index (χ4n) is 2.14. The topological polar surface area (TPSA) is 42.6 Å². The maximum Gasteiger partial charge on any atom is 0.158 e. The Hall–Kier alpha value is -2.10. The highest BCUT2D eigenvalue weighted by Crippen LogP contribution is 2.23. The number of hydrogen-bond acceptors (Lipinski definition) is 2. The van der Waals surface area contributed by atoms with Gasteiger partial charge in [-0.25, -0.2) is 0 Å². The van der Waals surface area contributed by atoms with Crippen molar-refractivity contribution in [1.29, 1.82) is 0 Å². The van der Waals surface area contributed by atoms with Gasteiger partial charge in [-0.2, -0.15) is 0 Å². The Bertz CT molecular complexity index is 692. The Morgan fingerprint density at radius 1 is 0.952 bits per heavy atom. The van der Waals surface area contributed by atoms with Gasteiger partial charge in [0.2, 0.25) is 0 Å². The van der Waals surface area contributed by atoms with Crippen LogP contribution in [0, 0.1) is 0 Å². The molecule has 4 heteroatoms. The van der Waals surface area contributed by atoms with Gasteiger partial charge in [-0.15, -0.1) is 0 Å². The van der Waals surface area contributed by atoms with E-state index in [4.69, 9.17) is 16.0 Å². The molecule has 106 valence electrons. The Kier molecular flexibility index (Phi) is 4.34. The minimum absolute atomic E-state index is 0.731. The first-order valence-electron chi connectivity index (χ1n) is 6.87. The number of nitrogens with two attached hydrogens (primary N) is 1. The number of hydrogen-bond donors (Lipinski definition) is 1. The summed E-state index contributed by atoms with van der Waals surface area (Å²) >= 11 is 5.89. The number of nitrogens with zero attached hydrogens (tertiary/aromatic N) is 1. The average molecular weight is 300 g/mol. The molecule has 0 bridgehead atoms. The lowest BCUT2D eigenvalue weighted by Crippen LogP contribution is -2.80. The second kappa shape index (κ2) is 6.57. The molecule has 0 radical (unpaired) electrons. The molecule has 0 spiro atoms. The van der Waals surface area contributed by atoms with Gasteiger partial charge in [0.15, 0.2) is 5.76 Å². The molecule has 0 atom stereocenters. The van der Waals surface area contributed by atoms with Crippen LogP contribution in [0.25, 0.3) is 11.3 Å². The summed E-state index contributed by atoms with van der Waals surface area (Å²) in [5.74, 6) is 1.82. The van der Waals surface area contributed by atoms with Crippen molar-refractivity contribution in [1.82, 2.24) is 4.98 Å². The van der Waals surface area contributed by atoms with E-state index < -0.39 is 0 Å². The standard InChI is InChI=1S/C17H15ClN2O/c18-14-6-4-13(5-7-14)17-9-8-16(21-17)12-19-11-15-3-1-2-10-20-15/h1-10,19H,11-12H2/p+1. The van der Waals surface area contributed by atoms with Crippen LogP contribution in [0.3, 0.4) is 0 Å². The number of benzene rings is 1. The molecule has 0 aliphatic carbocycles. The van der Waals surface area contributed by atoms with Crippen LogP contribution >= 0.6 is 11.6 Å². The first kappa shape index (κ1) is 13.9. The Morgan fingerprint density at radius 2 is 1.81 bits per heavy atom. The van der Waals surface area contributed by atoms with E-state index in [1.807, 2.05) is 60.8 Å². The molecular weight excluding hydrogens is 284 g/mol. The van der Waals surface area contributed by atoms with Crippen molar-refractivity contribution < 1.29 is 9.73 Å². The van der Waals surface area contributed by atoms with Crippen LogP contribution in [0.15, 0.2) is 65.2 Å². The molecule has 3 aromatic rings. The lowest BCUT2D eigenvalue weighted by molar-refractivity contribution is -0.688. The molecule has 1 aromatic carbocycles. The van der Waals surface area contributed by atoms with Crippen LogP contribution < -0.4 is 5.32 Å². The van der Waals surface area contributed by atoms with E-state index in [1.165, 1.54) is 0 Å². The fraction of sp³-hybridized carbons (Fsp3) is 0.118. The summed E-state index contributed by atoms with van der Waals surface area (Å²) < 4.78 is 5.85. The van der Waals surface area contributed by atoms with E-state index in [-0.39, 0.29) is 0 Å². The predicted molar refractivity (Wildman–Crippen MR) is 82.7 cm³/mol. The Labute approximate surface area is 128 Å². The van der Waals surface area contributed by atoms with Crippen molar-refractivity contribution in [2.45, 2.75) is 13.1 Å². The summed E-state index contributed by atoms with van der Waals surface area (Å²) in [4.78, 5) is 4.30. The lowest BCUT2D eigenvalue weighted by Gasteiger charge is -2.00. The van der Waals surface area contributed by atoms with E-state index >= 15 is 0 Å². The van der Waals surface area contributed by atoms with Gasteiger partial charge >= 0.3 is 0 Å². The van der Waals surface area contributed by atoms with E-state index in [1.54, 1.807) is 0 Å². The number of aromatic nitrogens is 1. The summed E-state index contributed by atoms with van der Waals surface area (Å²) in [6, 6.07) is 17.6. The minimum atomic E-state index is 0.731. The van der Waals surface area contributed by atoms with Crippen molar-refractivity contribution in [3.63, 3.8) is 0 Å². The highest BCUT2D eigenvalue weighted by atomic mass is 35.5. The molecule has 2 aromatic heterocycles. The predicted octanol–water partition coefficient (Wildman–Crippen LogP) is 3.26. The smallest absolute Gasteiger partial charge is 0.158 e. The maximum atomic E-state index is 5.89. The van der Waals surface area contributed by atoms with Crippen LogP contribution in [-0.2, 0) is 13.1 Å². The van der Waals surface area contributed by atoms with E-state index in [9.17, 15) is 0 Å². The lowest BCUT2D eigenvalue weighted by atomic mass is 10.2. The van der Waals surface area contributed by atoms with E-state index in [0.29, 0.717) is 0 Å². The van der Waals surface area contributed by atoms with Gasteiger partial charge in [-0.1, -0.05) is 17.7 Å². The van der Waals surface area contributed by atoms with Crippen molar-refractivity contribution in [2.75, 3.05) is 0 Å². The van der Waals surface area contributed by atoms with Crippen LogP contribution in [0.5, 0.6) is 0 Å². The third-order valence-electron chi connectivity index (χ3n) is 3.22. The fourth-order valence-corrected chi connectivity index (χ4v) is 2.26. The SMILES string of the molecule is Clc1ccc(-c2ccc(C[NH2+]Cc3ccccn3)o2)cc1. The Balaban J connectivity index is 1.59. The normalized spacial score (nSPS) is 10.7. The maximum absolute atomic E-state index is 5.89. The Morgan fingerprint density at radius 3 is 2.57 bits per heavy atom. The molecule has 3 nitrogen and oxygen atoms in total. The van der Waals surface area contributed by atoms with Crippen LogP contribution in [0.2, 0.25) is 5.02 Å². The van der Waals surface area contributed by atoms with Gasteiger partial charge in [-0.05, 0) is 48.5 Å². The average Bonchev–Trinajstić information content (AvgIpc) is 2.98. The molecule has 2 N–H and O–H groups in total. The third-order valence-corrected chi connectivity index (χ3v) is 3.47. The molecule has 0 fully saturated rings. The number of pyridine rings is 1. The summed E-state index contributed by atoms with van der Waals surface area (Å²) in [5, 5.41) is 2.90. The third kappa shape index (κ3) is 3.72. The minimum Gasteiger partial charge on any atom is -0.455 e. The highest BCUT2D eigenvalue weighted by molar-refractivity contribution is 6.30. The second-order valence-electron chi connectivity index (χ2n) is 4.79. The van der Waals surface area contributed by atoms with E-state index in [2.05, 4.69) is 10.3 Å². The zero-order valence-electron chi connectivity index (χ0n) is 11.5. The van der Waals surface area contributed by atoms with Gasteiger partial charge in [0.25, 0.3) is 0 Å². The highest BCUT2D eigenvalue weighted by Gasteiger charge is 2.06. The summed E-state index contributed by atoms with van der Waals surface area (Å²) in [6.07, 6.45) is 1.81. The second-order valence-corrected chi connectivity index (χ2v) is 5.23. The molecule has 0 aliphatic heterocycles. The monoisotopic (exact) mass is 299 g/mol. The van der Waals surface area contributed by atoms with Gasteiger partial charge in [0.05, 0.1) is 5.69 Å². The van der Waals surface area contributed by atoms with Crippen LogP contribution in [-0.4, -0.2) is 4.98 Å². The summed E-state index contributed by atoms with van der Waals surface area (Å²) in [5.41, 5.74) is 2.11. The number of quaternary nitrogens is 1. The van der Waals surface area contributed by atoms with Gasteiger partial charge in [0, 0.05) is 16.8 Å². The number of halogens is 1. The molecule has 21 heavy (non-hydrogen) atoms. The molecule has 0 unspecified atom stereocenters. The molecule has 0 saturated heterocycles. The van der Waals surface area contributed by atoms with Gasteiger partial charge in [-0.3, -0.25) is 4.98 Å². The first-order chi connectivity index (χ1) is 10.3. The molecular formula is C17H16ClN2O+. The van der Waals surface area contributed by atoms with Crippen molar-refractivity contribution in [2.24, 2.45) is 0 Å².